The van der Waals surface area contributed by atoms with Gasteiger partial charge >= 0.3 is 6.01 Å². The number of rotatable bonds is 3. The van der Waals surface area contributed by atoms with Crippen LogP contribution in [0.4, 0.5) is 0 Å². The van der Waals surface area contributed by atoms with Crippen molar-refractivity contribution in [3.05, 3.63) is 146 Å². The molecule has 0 radical (unpaired) electrons. The Labute approximate surface area is 277 Å². The number of nitrogens with zero attached hydrogens (tertiary/aromatic N) is 2. The van der Waals surface area contributed by atoms with Crippen molar-refractivity contribution in [2.75, 3.05) is 0 Å². The van der Waals surface area contributed by atoms with Gasteiger partial charge in [-0.2, -0.15) is 4.98 Å². The molecule has 11 rings (SSSR count). The number of fused-ring (bicyclic) bond motifs is 11. The molecule has 4 aromatic heterocycles. The third-order valence-corrected chi connectivity index (χ3v) is 10.8. The number of benzene rings is 7. The summed E-state index contributed by atoms with van der Waals surface area (Å²) in [6.45, 7) is 0. The first-order chi connectivity index (χ1) is 23.8. The van der Waals surface area contributed by atoms with Gasteiger partial charge in [0.05, 0.1) is 11.0 Å². The van der Waals surface area contributed by atoms with Crippen molar-refractivity contribution in [2.24, 2.45) is 0 Å². The van der Waals surface area contributed by atoms with Crippen LogP contribution < -0.4 is 0 Å². The minimum atomic E-state index is 0.537. The van der Waals surface area contributed by atoms with E-state index in [1.165, 1.54) is 20.3 Å². The second-order valence-corrected chi connectivity index (χ2v) is 13.4. The zero-order valence-electron chi connectivity index (χ0n) is 25.5. The van der Waals surface area contributed by atoms with E-state index in [1.54, 1.807) is 11.3 Å². The predicted molar refractivity (Wildman–Crippen MR) is 199 cm³/mol. The lowest BCUT2D eigenvalue weighted by molar-refractivity contribution is 0.575. The highest BCUT2D eigenvalue weighted by molar-refractivity contribution is 7.26. The van der Waals surface area contributed by atoms with Crippen molar-refractivity contribution in [1.82, 2.24) is 9.55 Å². The third-order valence-electron chi connectivity index (χ3n) is 9.64. The molecule has 0 atom stereocenters. The Morgan fingerprint density at radius 1 is 0.479 bits per heavy atom. The summed E-state index contributed by atoms with van der Waals surface area (Å²) >= 11 is 1.80. The van der Waals surface area contributed by atoms with Gasteiger partial charge in [0.2, 0.25) is 0 Å². The van der Waals surface area contributed by atoms with Gasteiger partial charge in [0.25, 0.3) is 0 Å². The van der Waals surface area contributed by atoms with Crippen LogP contribution >= 0.6 is 11.3 Å². The Hall–Kier alpha value is -6.17. The summed E-state index contributed by atoms with van der Waals surface area (Å²) < 4.78 is 17.9. The highest BCUT2D eigenvalue weighted by atomic mass is 32.1. The normalized spacial score (nSPS) is 12.2. The van der Waals surface area contributed by atoms with Crippen LogP contribution in [0.1, 0.15) is 0 Å². The average Bonchev–Trinajstić information content (AvgIpc) is 3.90. The Bertz CT molecular complexity index is 3070. The highest BCUT2D eigenvalue weighted by Gasteiger charge is 2.23. The van der Waals surface area contributed by atoms with Gasteiger partial charge in [-0.1, -0.05) is 103 Å². The number of hydrogen-bond donors (Lipinski definition) is 0. The monoisotopic (exact) mass is 632 g/mol. The van der Waals surface area contributed by atoms with Gasteiger partial charge in [-0.05, 0) is 53.1 Å². The molecule has 0 N–H and O–H groups in total. The van der Waals surface area contributed by atoms with Crippen molar-refractivity contribution in [3.8, 4) is 28.3 Å². The fraction of sp³-hybridized carbons (Fsp3) is 0. The van der Waals surface area contributed by atoms with Crippen LogP contribution in [0.5, 0.6) is 0 Å². The van der Waals surface area contributed by atoms with Crippen LogP contribution in [0.3, 0.4) is 0 Å². The maximum Gasteiger partial charge on any atom is 0.307 e. The molecule has 0 unspecified atom stereocenters. The van der Waals surface area contributed by atoms with Crippen LogP contribution in [0.25, 0.3) is 103 Å². The molecular weight excluding hydrogens is 609 g/mol. The molecule has 0 amide bonds. The quantitative estimate of drug-likeness (QED) is 0.195. The minimum Gasteiger partial charge on any atom is -0.456 e. The number of furan rings is 1. The number of hydrogen-bond acceptors (Lipinski definition) is 4. The first-order valence-corrected chi connectivity index (χ1v) is 16.9. The highest BCUT2D eigenvalue weighted by Crippen LogP contribution is 2.45. The van der Waals surface area contributed by atoms with E-state index in [0.29, 0.717) is 6.01 Å². The van der Waals surface area contributed by atoms with Crippen molar-refractivity contribution < 1.29 is 8.83 Å². The van der Waals surface area contributed by atoms with Gasteiger partial charge in [-0.3, -0.25) is 4.57 Å². The standard InChI is InChI=1S/C43H24N2O2S/c1-2-11-25(12-3-1)26-13-10-14-27(21-26)31-23-39-40(30-17-6-9-20-38(30)48-39)41-42(31)47-43(44-41)45-34-18-7-4-15-28(34)32-22-33-29-16-5-8-19-36(29)46-37(33)24-35(32)45/h1-24H. The van der Waals surface area contributed by atoms with E-state index in [4.69, 9.17) is 13.8 Å². The van der Waals surface area contributed by atoms with E-state index in [1.807, 2.05) is 12.1 Å². The summed E-state index contributed by atoms with van der Waals surface area (Å²) in [4.78, 5) is 5.37. The molecule has 48 heavy (non-hydrogen) atoms. The summed E-state index contributed by atoms with van der Waals surface area (Å²) in [5.74, 6) is 0. The molecule has 11 aromatic rings. The van der Waals surface area contributed by atoms with Gasteiger partial charge in [0.15, 0.2) is 5.58 Å². The molecule has 0 aliphatic rings. The molecule has 4 heterocycles. The van der Waals surface area contributed by atoms with E-state index in [0.717, 1.165) is 76.9 Å². The molecule has 0 spiro atoms. The first kappa shape index (κ1) is 26.0. The SMILES string of the molecule is c1ccc(-c2cccc(-c3cc4sc5ccccc5c4c4nc(-n5c6ccccc6c6cc7c(cc65)oc5ccccc57)oc34)c2)cc1. The van der Waals surface area contributed by atoms with Gasteiger partial charge in [0.1, 0.15) is 16.7 Å². The lowest BCUT2D eigenvalue weighted by Gasteiger charge is -2.07. The summed E-state index contributed by atoms with van der Waals surface area (Å²) in [5.41, 5.74) is 9.87. The Morgan fingerprint density at radius 3 is 2.15 bits per heavy atom. The second-order valence-electron chi connectivity index (χ2n) is 12.3. The Morgan fingerprint density at radius 2 is 1.23 bits per heavy atom. The van der Waals surface area contributed by atoms with Crippen molar-refractivity contribution in [3.63, 3.8) is 0 Å². The minimum absolute atomic E-state index is 0.537. The Balaban J connectivity index is 1.24. The number of thiophene rings is 1. The third kappa shape index (κ3) is 3.62. The van der Waals surface area contributed by atoms with E-state index >= 15 is 0 Å². The topological polar surface area (TPSA) is 44.1 Å². The van der Waals surface area contributed by atoms with Crippen molar-refractivity contribution in [2.45, 2.75) is 0 Å². The smallest absolute Gasteiger partial charge is 0.307 e. The Kier molecular flexibility index (Phi) is 5.23. The summed E-state index contributed by atoms with van der Waals surface area (Å²) in [7, 11) is 0. The van der Waals surface area contributed by atoms with Gasteiger partial charge in [-0.15, -0.1) is 11.3 Å². The molecule has 0 bridgehead atoms. The molecule has 4 nitrogen and oxygen atoms in total. The number of oxazole rings is 1. The lowest BCUT2D eigenvalue weighted by atomic mass is 9.97. The van der Waals surface area contributed by atoms with Crippen molar-refractivity contribution >= 4 is 86.4 Å². The maximum absolute atomic E-state index is 6.98. The van der Waals surface area contributed by atoms with E-state index in [9.17, 15) is 0 Å². The first-order valence-electron chi connectivity index (χ1n) is 16.0. The van der Waals surface area contributed by atoms with Gasteiger partial charge in [-0.25, -0.2) is 0 Å². The average molecular weight is 633 g/mol. The zero-order valence-corrected chi connectivity index (χ0v) is 26.3. The van der Waals surface area contributed by atoms with Crippen molar-refractivity contribution in [1.29, 1.82) is 0 Å². The molecule has 7 aromatic carbocycles. The fourth-order valence-electron chi connectivity index (χ4n) is 7.47. The molecule has 0 aliphatic carbocycles. The van der Waals surface area contributed by atoms with E-state index in [-0.39, 0.29) is 0 Å². The largest absolute Gasteiger partial charge is 0.456 e. The molecular formula is C43H24N2O2S. The maximum atomic E-state index is 6.98. The molecule has 0 aliphatic heterocycles. The molecule has 0 saturated heterocycles. The van der Waals surface area contributed by atoms with Crippen LogP contribution in [-0.2, 0) is 0 Å². The number of aromatic nitrogens is 2. The van der Waals surface area contributed by atoms with Crippen LogP contribution in [-0.4, -0.2) is 9.55 Å². The van der Waals surface area contributed by atoms with E-state index < -0.39 is 0 Å². The molecule has 0 saturated carbocycles. The van der Waals surface area contributed by atoms with Gasteiger partial charge in [0, 0.05) is 53.3 Å². The molecule has 0 fully saturated rings. The summed E-state index contributed by atoms with van der Waals surface area (Å²) in [5, 5.41) is 6.81. The van der Waals surface area contributed by atoms with Crippen LogP contribution in [0, 0.1) is 0 Å². The summed E-state index contributed by atoms with van der Waals surface area (Å²) in [6, 6.07) is 51.7. The predicted octanol–water partition coefficient (Wildman–Crippen LogP) is 12.5. The lowest BCUT2D eigenvalue weighted by Crippen LogP contribution is -1.93. The zero-order chi connectivity index (χ0) is 31.3. The van der Waals surface area contributed by atoms with Crippen LogP contribution in [0.2, 0.25) is 0 Å². The van der Waals surface area contributed by atoms with E-state index in [2.05, 4.69) is 138 Å². The second kappa shape index (κ2) is 9.67. The number of para-hydroxylation sites is 2. The fourth-order valence-corrected chi connectivity index (χ4v) is 8.62. The summed E-state index contributed by atoms with van der Waals surface area (Å²) in [6.07, 6.45) is 0. The van der Waals surface area contributed by atoms with Gasteiger partial charge < -0.3 is 8.83 Å². The van der Waals surface area contributed by atoms with Crippen LogP contribution in [0.15, 0.2) is 154 Å². The molecule has 5 heteroatoms. The molecule has 224 valence electrons.